The Kier molecular flexibility index (Phi) is 2.83. The molecule has 16 heavy (non-hydrogen) atoms. The highest BCUT2D eigenvalue weighted by molar-refractivity contribution is 5.95. The van der Waals surface area contributed by atoms with Gasteiger partial charge in [0.15, 0.2) is 0 Å². The zero-order chi connectivity index (χ0) is 11.7. The Morgan fingerprint density at radius 1 is 1.31 bits per heavy atom. The Morgan fingerprint density at radius 3 is 2.38 bits per heavy atom. The molecule has 0 aromatic heterocycles. The monoisotopic (exact) mass is 219 g/mol. The predicted molar refractivity (Wildman–Crippen MR) is 64.2 cm³/mol. The Bertz CT molecular complexity index is 380. The van der Waals surface area contributed by atoms with Crippen molar-refractivity contribution in [2.24, 2.45) is 0 Å². The molecular weight excluding hydrogens is 202 g/mol. The molecule has 0 spiro atoms. The first-order valence-electron chi connectivity index (χ1n) is 5.39. The van der Waals surface area contributed by atoms with E-state index in [0.717, 1.165) is 13.1 Å². The molecular formula is C12H17N3O. The van der Waals surface area contributed by atoms with Crippen LogP contribution < -0.4 is 5.73 Å². The Morgan fingerprint density at radius 2 is 1.88 bits per heavy atom. The van der Waals surface area contributed by atoms with E-state index in [2.05, 4.69) is 4.90 Å². The molecule has 1 aromatic rings. The molecule has 86 valence electrons. The maximum absolute atomic E-state index is 12.0. The number of rotatable bonds is 2. The number of likely N-dealkylation sites (N-methyl/N-ethyl adjacent to an activating group) is 1. The van der Waals surface area contributed by atoms with Crippen LogP contribution in [0.4, 0.5) is 5.69 Å². The fourth-order valence-electron chi connectivity index (χ4n) is 1.76. The van der Waals surface area contributed by atoms with Crippen LogP contribution in [0, 0.1) is 0 Å². The van der Waals surface area contributed by atoms with E-state index in [1.165, 1.54) is 0 Å². The molecule has 0 atom stereocenters. The smallest absolute Gasteiger partial charge is 0.253 e. The lowest BCUT2D eigenvalue weighted by Crippen LogP contribution is -2.59. The SMILES string of the molecule is CN(C)C1CN(C(=O)c2ccc(N)cc2)C1. The van der Waals surface area contributed by atoms with E-state index >= 15 is 0 Å². The molecule has 0 aliphatic carbocycles. The normalized spacial score (nSPS) is 16.3. The molecule has 0 bridgehead atoms. The molecule has 1 saturated heterocycles. The molecule has 1 aliphatic heterocycles. The van der Waals surface area contributed by atoms with Gasteiger partial charge in [0.1, 0.15) is 0 Å². The summed E-state index contributed by atoms with van der Waals surface area (Å²) in [6, 6.07) is 7.58. The van der Waals surface area contributed by atoms with E-state index < -0.39 is 0 Å². The van der Waals surface area contributed by atoms with Crippen LogP contribution in [0.5, 0.6) is 0 Å². The van der Waals surface area contributed by atoms with Crippen LogP contribution in [-0.2, 0) is 0 Å². The Hall–Kier alpha value is -1.55. The van der Waals surface area contributed by atoms with Crippen molar-refractivity contribution in [1.29, 1.82) is 0 Å². The van der Waals surface area contributed by atoms with Gasteiger partial charge < -0.3 is 15.5 Å². The number of amides is 1. The topological polar surface area (TPSA) is 49.6 Å². The van der Waals surface area contributed by atoms with Crippen molar-refractivity contribution in [2.45, 2.75) is 6.04 Å². The van der Waals surface area contributed by atoms with Gasteiger partial charge in [-0.2, -0.15) is 0 Å². The van der Waals surface area contributed by atoms with E-state index in [4.69, 9.17) is 5.73 Å². The van der Waals surface area contributed by atoms with Crippen LogP contribution in [0.15, 0.2) is 24.3 Å². The standard InChI is InChI=1S/C12H17N3O/c1-14(2)11-7-15(8-11)12(16)9-3-5-10(13)6-4-9/h3-6,11H,7-8,13H2,1-2H3. The quantitative estimate of drug-likeness (QED) is 0.743. The van der Waals surface area contributed by atoms with Crippen molar-refractivity contribution < 1.29 is 4.79 Å². The predicted octanol–water partition coefficient (Wildman–Crippen LogP) is 0.655. The average Bonchev–Trinajstić information content (AvgIpc) is 2.15. The minimum atomic E-state index is 0.0955. The third-order valence-corrected chi connectivity index (χ3v) is 3.04. The lowest BCUT2D eigenvalue weighted by Gasteiger charge is -2.42. The summed E-state index contributed by atoms with van der Waals surface area (Å²) in [5, 5.41) is 0. The summed E-state index contributed by atoms with van der Waals surface area (Å²) in [6.45, 7) is 1.63. The highest BCUT2D eigenvalue weighted by atomic mass is 16.2. The zero-order valence-electron chi connectivity index (χ0n) is 9.68. The molecule has 1 aromatic carbocycles. The molecule has 0 saturated carbocycles. The number of anilines is 1. The number of likely N-dealkylation sites (tertiary alicyclic amines) is 1. The van der Waals surface area contributed by atoms with E-state index in [9.17, 15) is 4.79 Å². The van der Waals surface area contributed by atoms with Crippen molar-refractivity contribution in [2.75, 3.05) is 32.9 Å². The summed E-state index contributed by atoms with van der Waals surface area (Å²) in [5.41, 5.74) is 6.98. The van der Waals surface area contributed by atoms with Gasteiger partial charge in [-0.15, -0.1) is 0 Å². The maximum Gasteiger partial charge on any atom is 0.253 e. The number of carbonyl (C=O) groups is 1. The summed E-state index contributed by atoms with van der Waals surface area (Å²) in [4.78, 5) is 16.0. The number of carbonyl (C=O) groups excluding carboxylic acids is 1. The second kappa shape index (κ2) is 4.14. The molecule has 2 rings (SSSR count). The van der Waals surface area contributed by atoms with Gasteiger partial charge in [0.25, 0.3) is 5.91 Å². The van der Waals surface area contributed by atoms with E-state index in [-0.39, 0.29) is 5.91 Å². The van der Waals surface area contributed by atoms with Gasteiger partial charge in [-0.05, 0) is 38.4 Å². The Labute approximate surface area is 95.6 Å². The largest absolute Gasteiger partial charge is 0.399 e. The third kappa shape index (κ3) is 2.02. The summed E-state index contributed by atoms with van der Waals surface area (Å²) in [6.07, 6.45) is 0. The van der Waals surface area contributed by atoms with Crippen LogP contribution >= 0.6 is 0 Å². The van der Waals surface area contributed by atoms with Crippen LogP contribution in [-0.4, -0.2) is 48.9 Å². The summed E-state index contributed by atoms with van der Waals surface area (Å²) < 4.78 is 0. The highest BCUT2D eigenvalue weighted by Crippen LogP contribution is 2.16. The van der Waals surface area contributed by atoms with Crippen molar-refractivity contribution >= 4 is 11.6 Å². The van der Waals surface area contributed by atoms with Gasteiger partial charge in [-0.25, -0.2) is 0 Å². The van der Waals surface area contributed by atoms with E-state index in [1.807, 2.05) is 19.0 Å². The molecule has 2 N–H and O–H groups in total. The van der Waals surface area contributed by atoms with Gasteiger partial charge in [0.05, 0.1) is 0 Å². The number of hydrogen-bond acceptors (Lipinski definition) is 3. The van der Waals surface area contributed by atoms with E-state index in [1.54, 1.807) is 24.3 Å². The summed E-state index contributed by atoms with van der Waals surface area (Å²) in [7, 11) is 4.07. The minimum absolute atomic E-state index is 0.0955. The van der Waals surface area contributed by atoms with Crippen molar-refractivity contribution in [3.63, 3.8) is 0 Å². The number of benzene rings is 1. The second-order valence-electron chi connectivity index (χ2n) is 4.45. The molecule has 1 amide bonds. The molecule has 4 heteroatoms. The van der Waals surface area contributed by atoms with Gasteiger partial charge in [0, 0.05) is 30.4 Å². The van der Waals surface area contributed by atoms with Crippen molar-refractivity contribution in [3.05, 3.63) is 29.8 Å². The van der Waals surface area contributed by atoms with E-state index in [0.29, 0.717) is 17.3 Å². The molecule has 4 nitrogen and oxygen atoms in total. The average molecular weight is 219 g/mol. The van der Waals surface area contributed by atoms with Crippen LogP contribution in [0.25, 0.3) is 0 Å². The number of hydrogen-bond donors (Lipinski definition) is 1. The number of nitrogen functional groups attached to an aromatic ring is 1. The molecule has 1 heterocycles. The lowest BCUT2D eigenvalue weighted by atomic mass is 10.1. The highest BCUT2D eigenvalue weighted by Gasteiger charge is 2.32. The zero-order valence-corrected chi connectivity index (χ0v) is 9.68. The van der Waals surface area contributed by atoms with Crippen molar-refractivity contribution in [1.82, 2.24) is 9.80 Å². The maximum atomic E-state index is 12.0. The first kappa shape index (κ1) is 11.0. The van der Waals surface area contributed by atoms with Crippen LogP contribution in [0.2, 0.25) is 0 Å². The van der Waals surface area contributed by atoms with Gasteiger partial charge in [-0.3, -0.25) is 4.79 Å². The molecule has 1 aliphatic rings. The number of nitrogens with two attached hydrogens (primary N) is 1. The molecule has 0 unspecified atom stereocenters. The van der Waals surface area contributed by atoms with Crippen molar-refractivity contribution in [3.8, 4) is 0 Å². The lowest BCUT2D eigenvalue weighted by molar-refractivity contribution is 0.0399. The summed E-state index contributed by atoms with van der Waals surface area (Å²) in [5.74, 6) is 0.0955. The van der Waals surface area contributed by atoms with Crippen LogP contribution in [0.3, 0.4) is 0 Å². The minimum Gasteiger partial charge on any atom is -0.399 e. The number of nitrogens with zero attached hydrogens (tertiary/aromatic N) is 2. The van der Waals surface area contributed by atoms with Crippen LogP contribution in [0.1, 0.15) is 10.4 Å². The fourth-order valence-corrected chi connectivity index (χ4v) is 1.76. The second-order valence-corrected chi connectivity index (χ2v) is 4.45. The molecule has 0 radical (unpaired) electrons. The molecule has 1 fully saturated rings. The first-order valence-corrected chi connectivity index (χ1v) is 5.39. The van der Waals surface area contributed by atoms with Gasteiger partial charge >= 0.3 is 0 Å². The van der Waals surface area contributed by atoms with Gasteiger partial charge in [0.2, 0.25) is 0 Å². The third-order valence-electron chi connectivity index (χ3n) is 3.04. The fraction of sp³-hybridized carbons (Fsp3) is 0.417. The van der Waals surface area contributed by atoms with Gasteiger partial charge in [-0.1, -0.05) is 0 Å². The summed E-state index contributed by atoms with van der Waals surface area (Å²) >= 11 is 0. The first-order chi connectivity index (χ1) is 7.58. The Balaban J connectivity index is 1.97.